The van der Waals surface area contributed by atoms with Crippen LogP contribution in [-0.2, 0) is 25.7 Å². The quantitative estimate of drug-likeness (QED) is 0.403. The fourth-order valence-electron chi connectivity index (χ4n) is 2.16. The summed E-state index contributed by atoms with van der Waals surface area (Å²) in [6.45, 7) is 3.82. The molecule has 1 aromatic rings. The van der Waals surface area contributed by atoms with Gasteiger partial charge in [-0.15, -0.1) is 0 Å². The van der Waals surface area contributed by atoms with Crippen molar-refractivity contribution in [3.63, 3.8) is 0 Å². The second-order valence-electron chi connectivity index (χ2n) is 5.66. The molecule has 2 atom stereocenters. The summed E-state index contributed by atoms with van der Waals surface area (Å²) in [5.74, 6) is -1.56. The molecular weight excluding hydrogens is 340 g/mol. The number of ether oxygens (including phenoxy) is 2. The van der Waals surface area contributed by atoms with E-state index in [4.69, 9.17) is 14.6 Å². The molecule has 0 aliphatic heterocycles. The first kappa shape index (κ1) is 21.4. The predicted molar refractivity (Wildman–Crippen MR) is 94.5 cm³/mol. The lowest BCUT2D eigenvalue weighted by Crippen LogP contribution is -2.46. The molecule has 0 aliphatic carbocycles. The number of nitrogens with one attached hydrogen (secondary N) is 2. The van der Waals surface area contributed by atoms with Crippen LogP contribution in [0.2, 0.25) is 0 Å². The van der Waals surface area contributed by atoms with Gasteiger partial charge in [0.15, 0.2) is 0 Å². The molecule has 144 valence electrons. The molecule has 8 heteroatoms. The number of hydrogen-bond donors (Lipinski definition) is 3. The highest BCUT2D eigenvalue weighted by Crippen LogP contribution is 2.03. The van der Waals surface area contributed by atoms with Crippen molar-refractivity contribution >= 4 is 18.0 Å². The molecule has 0 aromatic heterocycles. The first-order chi connectivity index (χ1) is 12.4. The first-order valence-corrected chi connectivity index (χ1v) is 8.54. The number of carboxylic acids is 1. The molecule has 1 amide bonds. The Morgan fingerprint density at radius 1 is 1.15 bits per heavy atom. The van der Waals surface area contributed by atoms with Crippen LogP contribution in [0.5, 0.6) is 0 Å². The van der Waals surface area contributed by atoms with Crippen LogP contribution in [0.3, 0.4) is 0 Å². The van der Waals surface area contributed by atoms with Gasteiger partial charge in [0.05, 0.1) is 6.61 Å². The van der Waals surface area contributed by atoms with E-state index >= 15 is 0 Å². The highest BCUT2D eigenvalue weighted by atomic mass is 16.5. The van der Waals surface area contributed by atoms with Crippen LogP contribution in [0, 0.1) is 0 Å². The van der Waals surface area contributed by atoms with Crippen LogP contribution in [0.4, 0.5) is 4.79 Å². The zero-order valence-corrected chi connectivity index (χ0v) is 15.1. The van der Waals surface area contributed by atoms with Gasteiger partial charge in [0.25, 0.3) is 0 Å². The fraction of sp³-hybridized carbons (Fsp3) is 0.500. The molecule has 0 spiro atoms. The Morgan fingerprint density at radius 3 is 2.46 bits per heavy atom. The van der Waals surface area contributed by atoms with Crippen molar-refractivity contribution in [1.82, 2.24) is 10.6 Å². The molecule has 0 heterocycles. The summed E-state index contributed by atoms with van der Waals surface area (Å²) in [6.07, 6.45) is 0.243. The summed E-state index contributed by atoms with van der Waals surface area (Å²) in [6, 6.07) is 7.67. The van der Waals surface area contributed by atoms with Gasteiger partial charge in [-0.1, -0.05) is 30.3 Å². The smallest absolute Gasteiger partial charge is 0.407 e. The van der Waals surface area contributed by atoms with Crippen LogP contribution in [0.25, 0.3) is 0 Å². The third-order valence-corrected chi connectivity index (χ3v) is 3.54. The molecule has 1 aromatic carbocycles. The van der Waals surface area contributed by atoms with Crippen molar-refractivity contribution in [2.75, 3.05) is 13.2 Å². The van der Waals surface area contributed by atoms with Crippen LogP contribution in [0.1, 0.15) is 32.3 Å². The van der Waals surface area contributed by atoms with E-state index in [1.165, 1.54) is 6.92 Å². The van der Waals surface area contributed by atoms with Crippen molar-refractivity contribution in [2.24, 2.45) is 0 Å². The molecule has 3 N–H and O–H groups in total. The Hall–Kier alpha value is -2.61. The SMILES string of the molecule is CCOC(=O)C(CCCNC(=O)OCc1ccccc1)N[C@@H](C)C(=O)O. The van der Waals surface area contributed by atoms with Crippen LogP contribution >= 0.6 is 0 Å². The highest BCUT2D eigenvalue weighted by molar-refractivity contribution is 5.78. The Labute approximate surface area is 152 Å². The molecule has 1 rings (SSSR count). The summed E-state index contributed by atoms with van der Waals surface area (Å²) in [7, 11) is 0. The van der Waals surface area contributed by atoms with Gasteiger partial charge in [0.1, 0.15) is 18.7 Å². The first-order valence-electron chi connectivity index (χ1n) is 8.54. The lowest BCUT2D eigenvalue weighted by atomic mass is 10.1. The second kappa shape index (κ2) is 11.9. The monoisotopic (exact) mass is 366 g/mol. The minimum Gasteiger partial charge on any atom is -0.480 e. The lowest BCUT2D eigenvalue weighted by Gasteiger charge is -2.19. The van der Waals surface area contributed by atoms with Crippen LogP contribution in [0.15, 0.2) is 30.3 Å². The van der Waals surface area contributed by atoms with Gasteiger partial charge >= 0.3 is 18.0 Å². The number of carbonyl (C=O) groups is 3. The maximum Gasteiger partial charge on any atom is 0.407 e. The standard InChI is InChI=1S/C18H26N2O6/c1-3-25-17(23)15(20-13(2)16(21)22)10-7-11-19-18(24)26-12-14-8-5-4-6-9-14/h4-6,8-9,13,15,20H,3,7,10-12H2,1-2H3,(H,19,24)(H,21,22)/t13-,15?/m0/s1. The number of rotatable bonds is 11. The maximum absolute atomic E-state index is 11.9. The van der Waals surface area contributed by atoms with Gasteiger partial charge in [-0.2, -0.15) is 0 Å². The van der Waals surface area contributed by atoms with Gasteiger partial charge in [-0.05, 0) is 32.3 Å². The molecule has 0 aliphatic rings. The van der Waals surface area contributed by atoms with E-state index in [-0.39, 0.29) is 13.2 Å². The number of aliphatic carboxylic acids is 1. The Morgan fingerprint density at radius 2 is 1.85 bits per heavy atom. The number of hydrogen-bond acceptors (Lipinski definition) is 6. The molecule has 8 nitrogen and oxygen atoms in total. The average molecular weight is 366 g/mol. The van der Waals surface area contributed by atoms with E-state index in [2.05, 4.69) is 10.6 Å². The van der Waals surface area contributed by atoms with Gasteiger partial charge < -0.3 is 19.9 Å². The summed E-state index contributed by atoms with van der Waals surface area (Å²) in [4.78, 5) is 34.5. The largest absolute Gasteiger partial charge is 0.480 e. The minimum absolute atomic E-state index is 0.176. The van der Waals surface area contributed by atoms with Crippen molar-refractivity contribution < 1.29 is 29.0 Å². The van der Waals surface area contributed by atoms with E-state index in [1.807, 2.05) is 30.3 Å². The zero-order valence-electron chi connectivity index (χ0n) is 15.1. The summed E-state index contributed by atoms with van der Waals surface area (Å²) < 4.78 is 10.0. The molecule has 1 unspecified atom stereocenters. The summed E-state index contributed by atoms with van der Waals surface area (Å²) in [5, 5.41) is 14.3. The van der Waals surface area contributed by atoms with Gasteiger partial charge in [0, 0.05) is 6.54 Å². The fourth-order valence-corrected chi connectivity index (χ4v) is 2.16. The molecule has 0 radical (unpaired) electrons. The second-order valence-corrected chi connectivity index (χ2v) is 5.66. The van der Waals surface area contributed by atoms with Crippen molar-refractivity contribution in [2.45, 2.75) is 45.4 Å². The van der Waals surface area contributed by atoms with Crippen molar-refractivity contribution in [1.29, 1.82) is 0 Å². The molecule has 0 fully saturated rings. The third kappa shape index (κ3) is 8.48. The van der Waals surface area contributed by atoms with E-state index in [1.54, 1.807) is 6.92 Å². The number of benzene rings is 1. The molecule has 0 saturated carbocycles. The zero-order chi connectivity index (χ0) is 19.4. The third-order valence-electron chi connectivity index (χ3n) is 3.54. The summed E-state index contributed by atoms with van der Waals surface area (Å²) >= 11 is 0. The minimum atomic E-state index is -1.05. The van der Waals surface area contributed by atoms with Crippen molar-refractivity contribution in [3.8, 4) is 0 Å². The van der Waals surface area contributed by atoms with Crippen molar-refractivity contribution in [3.05, 3.63) is 35.9 Å². The average Bonchev–Trinajstić information content (AvgIpc) is 2.63. The number of amides is 1. The van der Waals surface area contributed by atoms with E-state index in [0.29, 0.717) is 19.4 Å². The Bertz CT molecular complexity index is 578. The maximum atomic E-state index is 11.9. The number of carbonyl (C=O) groups excluding carboxylic acids is 2. The number of carboxylic acid groups (broad SMARTS) is 1. The predicted octanol–water partition coefficient (Wildman–Crippen LogP) is 1.69. The van der Waals surface area contributed by atoms with E-state index in [0.717, 1.165) is 5.56 Å². The molecule has 26 heavy (non-hydrogen) atoms. The highest BCUT2D eigenvalue weighted by Gasteiger charge is 2.24. The van der Waals surface area contributed by atoms with Crippen LogP contribution in [-0.4, -0.2) is 48.4 Å². The van der Waals surface area contributed by atoms with Gasteiger partial charge in [-0.3, -0.25) is 14.9 Å². The molecular formula is C18H26N2O6. The number of esters is 1. The lowest BCUT2D eigenvalue weighted by molar-refractivity contribution is -0.147. The molecule has 0 saturated heterocycles. The Kier molecular flexibility index (Phi) is 9.78. The number of alkyl carbamates (subject to hydrolysis) is 1. The molecule has 0 bridgehead atoms. The summed E-state index contributed by atoms with van der Waals surface area (Å²) in [5.41, 5.74) is 0.886. The van der Waals surface area contributed by atoms with Gasteiger partial charge in [-0.25, -0.2) is 4.79 Å². The van der Waals surface area contributed by atoms with Crippen LogP contribution < -0.4 is 10.6 Å². The van der Waals surface area contributed by atoms with E-state index in [9.17, 15) is 14.4 Å². The Balaban J connectivity index is 2.32. The van der Waals surface area contributed by atoms with Gasteiger partial charge in [0.2, 0.25) is 0 Å². The van der Waals surface area contributed by atoms with E-state index < -0.39 is 30.1 Å². The topological polar surface area (TPSA) is 114 Å². The normalized spacial score (nSPS) is 12.7.